The van der Waals surface area contributed by atoms with Crippen molar-refractivity contribution in [3.63, 3.8) is 0 Å². The van der Waals surface area contributed by atoms with Gasteiger partial charge >= 0.3 is 0 Å². The van der Waals surface area contributed by atoms with Gasteiger partial charge in [0, 0.05) is 45.9 Å². The Morgan fingerprint density at radius 2 is 1.29 bits per heavy atom. The maximum atomic E-state index is 14.4. The average Bonchev–Trinajstić information content (AvgIpc) is 3.73. The molecule has 0 aromatic heterocycles. The molecule has 336 valence electrons. The van der Waals surface area contributed by atoms with Gasteiger partial charge in [-0.25, -0.2) is 0 Å². The molecule has 2 aromatic rings. The minimum atomic E-state index is -1.19. The molecule has 20 heteroatoms. The van der Waals surface area contributed by atoms with Gasteiger partial charge in [-0.2, -0.15) is 0 Å². The molecule has 2 heterocycles. The summed E-state index contributed by atoms with van der Waals surface area (Å²) < 4.78 is 0. The fourth-order valence-electron chi connectivity index (χ4n) is 7.45. The Morgan fingerprint density at radius 3 is 1.89 bits per heavy atom. The van der Waals surface area contributed by atoms with E-state index in [0.717, 1.165) is 11.1 Å². The predicted octanol–water partition coefficient (Wildman–Crippen LogP) is -1.66. The van der Waals surface area contributed by atoms with Gasteiger partial charge in [-0.15, -0.1) is 0 Å². The zero-order valence-corrected chi connectivity index (χ0v) is 35.1. The lowest BCUT2D eigenvalue weighted by molar-refractivity contribution is -0.142. The number of carbonyl (C=O) groups is 7. The maximum Gasteiger partial charge on any atom is 0.245 e. The molecule has 2 aliphatic heterocycles. The number of nitrogens with one attached hydrogen (secondary N) is 10. The van der Waals surface area contributed by atoms with Crippen LogP contribution in [0.15, 0.2) is 60.7 Å². The Hall–Kier alpha value is -6.73. The molecule has 6 atom stereocenters. The van der Waals surface area contributed by atoms with E-state index in [-0.39, 0.29) is 89.5 Å². The van der Waals surface area contributed by atoms with Crippen molar-refractivity contribution in [3.8, 4) is 0 Å². The standard InChI is InChI=1S/C42H61N13O7/c1-26(56)50-32(24-27-12-4-2-5-13-27)37(59)53-31-18-10-20-47-35(57)29(16-8-21-48-41(43)44)51-38(60)33(25-28-14-6-3-7-15-28)54-36(58)30(17-9-22-49-42(45)46)52-39(61)34-19-11-23-55(34)40(31)62/h2-7,12-15,29-34H,8-11,16-25H2,1H3,(H,47,57)(H,50,56)(H,51,60)(H,52,61)(H,53,59)(H,54,58)(H4,43,44,48)(H4,45,46,49)/t29-,30+,31-,32-,33-,34-/m0/s1. The summed E-state index contributed by atoms with van der Waals surface area (Å²) in [6, 6.07) is 11.4. The van der Waals surface area contributed by atoms with Gasteiger partial charge in [0.15, 0.2) is 11.9 Å². The highest BCUT2D eigenvalue weighted by molar-refractivity contribution is 5.97. The van der Waals surface area contributed by atoms with Crippen LogP contribution in [0.4, 0.5) is 0 Å². The highest BCUT2D eigenvalue weighted by Gasteiger charge is 2.40. The fourth-order valence-corrected chi connectivity index (χ4v) is 7.45. The van der Waals surface area contributed by atoms with E-state index in [4.69, 9.17) is 22.3 Å². The number of nitrogens with zero attached hydrogens (tertiary/aromatic N) is 1. The van der Waals surface area contributed by atoms with Gasteiger partial charge in [-0.3, -0.25) is 44.4 Å². The summed E-state index contributed by atoms with van der Waals surface area (Å²) in [6.07, 6.45) is 1.99. The minimum absolute atomic E-state index is 0.0424. The highest BCUT2D eigenvalue weighted by Crippen LogP contribution is 2.21. The summed E-state index contributed by atoms with van der Waals surface area (Å²) in [5, 5.41) is 37.1. The second-order valence-corrected chi connectivity index (χ2v) is 15.5. The van der Waals surface area contributed by atoms with Crippen molar-refractivity contribution in [2.45, 2.75) is 107 Å². The summed E-state index contributed by atoms with van der Waals surface area (Å²) in [7, 11) is 0. The van der Waals surface area contributed by atoms with E-state index in [1.54, 1.807) is 36.4 Å². The van der Waals surface area contributed by atoms with E-state index in [0.29, 0.717) is 12.8 Å². The number of amides is 7. The van der Waals surface area contributed by atoms with Crippen molar-refractivity contribution in [1.82, 2.24) is 47.4 Å². The molecule has 0 radical (unpaired) electrons. The van der Waals surface area contributed by atoms with E-state index >= 15 is 0 Å². The Balaban J connectivity index is 1.67. The number of nitrogens with two attached hydrogens (primary N) is 2. The predicted molar refractivity (Wildman–Crippen MR) is 231 cm³/mol. The lowest BCUT2D eigenvalue weighted by atomic mass is 10.0. The van der Waals surface area contributed by atoms with Gasteiger partial charge in [-0.05, 0) is 62.5 Å². The van der Waals surface area contributed by atoms with Crippen molar-refractivity contribution in [1.29, 1.82) is 10.8 Å². The molecule has 14 N–H and O–H groups in total. The molecule has 0 aliphatic carbocycles. The quantitative estimate of drug-likeness (QED) is 0.0547. The minimum Gasteiger partial charge on any atom is -0.370 e. The summed E-state index contributed by atoms with van der Waals surface area (Å²) in [5.41, 5.74) is 12.4. The summed E-state index contributed by atoms with van der Waals surface area (Å²) >= 11 is 0. The molecule has 0 bridgehead atoms. The number of fused-ring (bicyclic) bond motifs is 1. The molecule has 2 aromatic carbocycles. The number of carbonyl (C=O) groups excluding carboxylic acids is 7. The van der Waals surface area contributed by atoms with Gasteiger partial charge in [0.2, 0.25) is 41.4 Å². The third kappa shape index (κ3) is 15.7. The van der Waals surface area contributed by atoms with Gasteiger partial charge in [0.05, 0.1) is 0 Å². The van der Waals surface area contributed by atoms with E-state index in [9.17, 15) is 33.6 Å². The monoisotopic (exact) mass is 859 g/mol. The molecule has 4 rings (SSSR count). The second kappa shape index (κ2) is 24.5. The number of hydrogen-bond acceptors (Lipinski definition) is 9. The normalized spacial score (nSPS) is 21.9. The van der Waals surface area contributed by atoms with Crippen molar-refractivity contribution in [3.05, 3.63) is 71.8 Å². The molecule has 0 spiro atoms. The largest absolute Gasteiger partial charge is 0.370 e. The molecule has 62 heavy (non-hydrogen) atoms. The zero-order valence-electron chi connectivity index (χ0n) is 35.1. The Morgan fingerprint density at radius 1 is 0.742 bits per heavy atom. The molecular weight excluding hydrogens is 799 g/mol. The summed E-state index contributed by atoms with van der Waals surface area (Å²) in [6.45, 7) is 1.97. The van der Waals surface area contributed by atoms with Crippen LogP contribution in [0, 0.1) is 10.8 Å². The number of hydrogen-bond donors (Lipinski definition) is 12. The van der Waals surface area contributed by atoms with Crippen LogP contribution in [0.25, 0.3) is 0 Å². The molecule has 2 aliphatic rings. The average molecular weight is 860 g/mol. The van der Waals surface area contributed by atoms with Crippen molar-refractivity contribution in [2.24, 2.45) is 11.5 Å². The first-order valence-electron chi connectivity index (χ1n) is 21.0. The number of benzene rings is 2. The van der Waals surface area contributed by atoms with Crippen molar-refractivity contribution >= 4 is 53.3 Å². The van der Waals surface area contributed by atoms with E-state index in [2.05, 4.69) is 42.5 Å². The third-order valence-corrected chi connectivity index (χ3v) is 10.6. The molecule has 2 saturated heterocycles. The van der Waals surface area contributed by atoms with Crippen LogP contribution < -0.4 is 54.0 Å². The topological polar surface area (TPSA) is 319 Å². The van der Waals surface area contributed by atoms with E-state index in [1.807, 2.05) is 24.3 Å². The summed E-state index contributed by atoms with van der Waals surface area (Å²) in [5.74, 6) is -4.60. The first-order chi connectivity index (χ1) is 29.7. The van der Waals surface area contributed by atoms with Crippen LogP contribution in [0.1, 0.15) is 69.4 Å². The van der Waals surface area contributed by atoms with Crippen LogP contribution in [0.3, 0.4) is 0 Å². The number of rotatable bonds is 15. The van der Waals surface area contributed by atoms with Crippen molar-refractivity contribution in [2.75, 3.05) is 26.2 Å². The third-order valence-electron chi connectivity index (χ3n) is 10.6. The molecule has 0 saturated carbocycles. The highest BCUT2D eigenvalue weighted by atomic mass is 16.2. The van der Waals surface area contributed by atoms with Crippen LogP contribution in [-0.4, -0.2) is 121 Å². The first-order valence-corrected chi connectivity index (χ1v) is 21.0. The van der Waals surface area contributed by atoms with Crippen molar-refractivity contribution < 1.29 is 33.6 Å². The SMILES string of the molecule is CC(=O)N[C@@H](Cc1ccccc1)C(=O)N[C@H]1CCCNC(=O)[C@H](CCCNC(=N)N)NC(=O)[C@H](Cc2ccccc2)NC(=O)[C@@H](CCCNC(=N)N)NC(=O)[C@@H]2CCCN2C1=O. The molecular formula is C42H61N13O7. The molecule has 20 nitrogen and oxygen atoms in total. The van der Waals surface area contributed by atoms with Crippen LogP contribution in [0.2, 0.25) is 0 Å². The van der Waals surface area contributed by atoms with Gasteiger partial charge in [0.1, 0.15) is 36.3 Å². The lowest BCUT2D eigenvalue weighted by Gasteiger charge is -2.31. The van der Waals surface area contributed by atoms with Crippen LogP contribution >= 0.6 is 0 Å². The van der Waals surface area contributed by atoms with E-state index < -0.39 is 77.6 Å². The van der Waals surface area contributed by atoms with Crippen LogP contribution in [0.5, 0.6) is 0 Å². The van der Waals surface area contributed by atoms with Gasteiger partial charge in [-0.1, -0.05) is 60.7 Å². The second-order valence-electron chi connectivity index (χ2n) is 15.5. The molecule has 0 unspecified atom stereocenters. The molecule has 2 fully saturated rings. The summed E-state index contributed by atoms with van der Waals surface area (Å²) in [4.78, 5) is 98.1. The Bertz CT molecular complexity index is 1880. The maximum absolute atomic E-state index is 14.4. The lowest BCUT2D eigenvalue weighted by Crippen LogP contribution is -2.60. The van der Waals surface area contributed by atoms with Gasteiger partial charge < -0.3 is 58.9 Å². The van der Waals surface area contributed by atoms with Crippen LogP contribution in [-0.2, 0) is 46.4 Å². The van der Waals surface area contributed by atoms with Gasteiger partial charge in [0.25, 0.3) is 0 Å². The zero-order chi connectivity index (χ0) is 45.0. The smallest absolute Gasteiger partial charge is 0.245 e. The van der Waals surface area contributed by atoms with E-state index in [1.165, 1.54) is 11.8 Å². The fraction of sp³-hybridized carbons (Fsp3) is 0.500. The first kappa shape index (κ1) is 47.9. The Labute approximate surface area is 361 Å². The number of guanidine groups is 2. The molecule has 7 amide bonds. The Kier molecular flexibility index (Phi) is 19.0.